The molecule has 0 radical (unpaired) electrons. The van der Waals surface area contributed by atoms with Crippen LogP contribution >= 0.6 is 0 Å². The quantitative estimate of drug-likeness (QED) is 0.677. The van der Waals surface area contributed by atoms with Crippen molar-refractivity contribution in [3.8, 4) is 5.75 Å². The standard InChI is InChI=1S/C19H28F2N2O3.C2H6.CH4/c1-5-25-17-9-16(21)15(20)8-14(17)12-23-7-6-13(11-23)10-22-18(24)26-19(2,3)4;1-2;/h8-9,13H,5-7,10-12H2,1-4H3,(H,22,24);1-2H3;1H4. The van der Waals surface area contributed by atoms with E-state index < -0.39 is 23.3 Å². The minimum absolute atomic E-state index is 0. The molecule has 1 amide bonds. The summed E-state index contributed by atoms with van der Waals surface area (Å²) < 4.78 is 37.7. The van der Waals surface area contributed by atoms with Crippen molar-refractivity contribution < 1.29 is 23.0 Å². The molecule has 0 aliphatic carbocycles. The third-order valence-corrected chi connectivity index (χ3v) is 4.10. The van der Waals surface area contributed by atoms with Gasteiger partial charge in [0.2, 0.25) is 0 Å². The summed E-state index contributed by atoms with van der Waals surface area (Å²) in [5.41, 5.74) is 0.111. The lowest BCUT2D eigenvalue weighted by molar-refractivity contribution is 0.0519. The number of hydrogen-bond acceptors (Lipinski definition) is 4. The lowest BCUT2D eigenvalue weighted by Gasteiger charge is -2.21. The van der Waals surface area contributed by atoms with Gasteiger partial charge in [0.1, 0.15) is 11.4 Å². The zero-order valence-corrected chi connectivity index (χ0v) is 17.9. The summed E-state index contributed by atoms with van der Waals surface area (Å²) >= 11 is 0. The van der Waals surface area contributed by atoms with Gasteiger partial charge >= 0.3 is 6.09 Å². The van der Waals surface area contributed by atoms with Crippen molar-refractivity contribution >= 4 is 6.09 Å². The molecule has 29 heavy (non-hydrogen) atoms. The van der Waals surface area contributed by atoms with Crippen LogP contribution in [0.4, 0.5) is 13.6 Å². The molecule has 1 fully saturated rings. The van der Waals surface area contributed by atoms with Gasteiger partial charge < -0.3 is 14.8 Å². The smallest absolute Gasteiger partial charge is 0.407 e. The van der Waals surface area contributed by atoms with E-state index in [2.05, 4.69) is 10.2 Å². The molecule has 0 bridgehead atoms. The monoisotopic (exact) mass is 416 g/mol. The van der Waals surface area contributed by atoms with Crippen molar-refractivity contribution in [2.75, 3.05) is 26.2 Å². The summed E-state index contributed by atoms with van der Waals surface area (Å²) in [6, 6.07) is 2.30. The average molecular weight is 417 g/mol. The van der Waals surface area contributed by atoms with Gasteiger partial charge in [-0.2, -0.15) is 0 Å². The van der Waals surface area contributed by atoms with Crippen molar-refractivity contribution in [3.63, 3.8) is 0 Å². The number of rotatable bonds is 6. The first-order chi connectivity index (χ1) is 13.2. The molecular weight excluding hydrogens is 378 g/mol. The Bertz CT molecular complexity index is 633. The van der Waals surface area contributed by atoms with Crippen LogP contribution in [0.5, 0.6) is 5.75 Å². The minimum Gasteiger partial charge on any atom is -0.493 e. The van der Waals surface area contributed by atoms with Gasteiger partial charge in [0, 0.05) is 31.3 Å². The van der Waals surface area contributed by atoms with E-state index in [1.54, 1.807) is 6.92 Å². The van der Waals surface area contributed by atoms with E-state index in [-0.39, 0.29) is 7.43 Å². The van der Waals surface area contributed by atoms with Crippen molar-refractivity contribution in [2.45, 2.75) is 67.5 Å². The molecule has 1 aromatic carbocycles. The number of carbonyl (C=O) groups excluding carboxylic acids is 1. The summed E-state index contributed by atoms with van der Waals surface area (Å²) in [6.07, 6.45) is 0.499. The third-order valence-electron chi connectivity index (χ3n) is 4.10. The van der Waals surface area contributed by atoms with Crippen LogP contribution < -0.4 is 10.1 Å². The maximum absolute atomic E-state index is 13.6. The van der Waals surface area contributed by atoms with Crippen LogP contribution in [0.15, 0.2) is 12.1 Å². The molecule has 1 aliphatic rings. The highest BCUT2D eigenvalue weighted by Gasteiger charge is 2.25. The van der Waals surface area contributed by atoms with E-state index in [9.17, 15) is 13.6 Å². The number of carbonyl (C=O) groups is 1. The van der Waals surface area contributed by atoms with Crippen LogP contribution in [-0.4, -0.2) is 42.8 Å². The molecule has 2 rings (SSSR count). The molecule has 7 heteroatoms. The normalized spacial score (nSPS) is 16.3. The zero-order chi connectivity index (χ0) is 21.3. The first-order valence-electron chi connectivity index (χ1n) is 9.98. The molecule has 1 N–H and O–H groups in total. The number of benzene rings is 1. The van der Waals surface area contributed by atoms with Gasteiger partial charge in [-0.05, 0) is 52.6 Å². The Balaban J connectivity index is 0.00000253. The molecule has 5 nitrogen and oxygen atoms in total. The van der Waals surface area contributed by atoms with E-state index in [0.29, 0.717) is 36.9 Å². The summed E-state index contributed by atoms with van der Waals surface area (Å²) in [4.78, 5) is 13.9. The summed E-state index contributed by atoms with van der Waals surface area (Å²) in [5, 5.41) is 2.79. The highest BCUT2D eigenvalue weighted by Crippen LogP contribution is 2.26. The predicted molar refractivity (Wildman–Crippen MR) is 113 cm³/mol. The van der Waals surface area contributed by atoms with Crippen LogP contribution in [0, 0.1) is 17.6 Å². The van der Waals surface area contributed by atoms with Gasteiger partial charge in [0.15, 0.2) is 11.6 Å². The predicted octanol–water partition coefficient (Wildman–Crippen LogP) is 5.37. The minimum atomic E-state index is -0.905. The Morgan fingerprint density at radius 2 is 1.86 bits per heavy atom. The SMILES string of the molecule is C.CC.CCOc1cc(F)c(F)cc1CN1CCC(CNC(=O)OC(C)(C)C)C1. The van der Waals surface area contributed by atoms with Gasteiger partial charge in [-0.25, -0.2) is 13.6 Å². The molecule has 1 aromatic rings. The summed E-state index contributed by atoms with van der Waals surface area (Å²) in [7, 11) is 0. The van der Waals surface area contributed by atoms with Crippen LogP contribution in [0.2, 0.25) is 0 Å². The van der Waals surface area contributed by atoms with Gasteiger partial charge in [-0.1, -0.05) is 21.3 Å². The third kappa shape index (κ3) is 9.43. The number of amides is 1. The van der Waals surface area contributed by atoms with Gasteiger partial charge in [-0.15, -0.1) is 0 Å². The molecule has 1 atom stereocenters. The van der Waals surface area contributed by atoms with E-state index in [0.717, 1.165) is 25.6 Å². The average Bonchev–Trinajstić information content (AvgIpc) is 3.05. The Hall–Kier alpha value is -1.89. The number of likely N-dealkylation sites (tertiary alicyclic amines) is 1. The lowest BCUT2D eigenvalue weighted by atomic mass is 10.1. The highest BCUT2D eigenvalue weighted by atomic mass is 19.2. The number of halogens is 2. The maximum Gasteiger partial charge on any atom is 0.407 e. The fourth-order valence-corrected chi connectivity index (χ4v) is 2.99. The largest absolute Gasteiger partial charge is 0.493 e. The fourth-order valence-electron chi connectivity index (χ4n) is 2.99. The Kier molecular flexibility index (Phi) is 11.8. The molecule has 0 saturated carbocycles. The molecule has 0 spiro atoms. The summed E-state index contributed by atoms with van der Waals surface area (Å²) in [6.45, 7) is 14.3. The van der Waals surface area contributed by atoms with Crippen molar-refractivity contribution in [1.29, 1.82) is 0 Å². The fraction of sp³-hybridized carbons (Fsp3) is 0.682. The van der Waals surface area contributed by atoms with Crippen LogP contribution in [-0.2, 0) is 11.3 Å². The molecule has 1 saturated heterocycles. The molecular formula is C22H38F2N2O3. The second-order valence-corrected chi connectivity index (χ2v) is 7.58. The summed E-state index contributed by atoms with van der Waals surface area (Å²) in [5.74, 6) is -1.10. The van der Waals surface area contributed by atoms with Gasteiger partial charge in [-0.3, -0.25) is 4.90 Å². The Morgan fingerprint density at radius 1 is 1.24 bits per heavy atom. The van der Waals surface area contributed by atoms with Crippen molar-refractivity contribution in [1.82, 2.24) is 10.2 Å². The van der Waals surface area contributed by atoms with E-state index in [4.69, 9.17) is 9.47 Å². The molecule has 168 valence electrons. The van der Waals surface area contributed by atoms with Crippen molar-refractivity contribution in [2.24, 2.45) is 5.92 Å². The Labute approximate surface area is 174 Å². The van der Waals surface area contributed by atoms with Gasteiger partial charge in [0.25, 0.3) is 0 Å². The maximum atomic E-state index is 13.6. The lowest BCUT2D eigenvalue weighted by Crippen LogP contribution is -2.36. The highest BCUT2D eigenvalue weighted by molar-refractivity contribution is 5.67. The van der Waals surface area contributed by atoms with E-state index in [1.807, 2.05) is 34.6 Å². The van der Waals surface area contributed by atoms with Crippen LogP contribution in [0.1, 0.15) is 61.0 Å². The van der Waals surface area contributed by atoms with Crippen LogP contribution in [0.25, 0.3) is 0 Å². The number of alkyl carbamates (subject to hydrolysis) is 1. The Morgan fingerprint density at radius 3 is 2.45 bits per heavy atom. The van der Waals surface area contributed by atoms with Crippen LogP contribution in [0.3, 0.4) is 0 Å². The topological polar surface area (TPSA) is 50.8 Å². The molecule has 1 aliphatic heterocycles. The molecule has 1 heterocycles. The number of hydrogen-bond donors (Lipinski definition) is 1. The molecule has 1 unspecified atom stereocenters. The second kappa shape index (κ2) is 12.6. The van der Waals surface area contributed by atoms with Gasteiger partial charge in [0.05, 0.1) is 6.61 Å². The number of nitrogens with one attached hydrogen (secondary N) is 1. The first kappa shape index (κ1) is 27.1. The van der Waals surface area contributed by atoms with E-state index in [1.165, 1.54) is 6.07 Å². The van der Waals surface area contributed by atoms with Crippen molar-refractivity contribution in [3.05, 3.63) is 29.3 Å². The first-order valence-corrected chi connectivity index (χ1v) is 9.98. The van der Waals surface area contributed by atoms with E-state index >= 15 is 0 Å². The zero-order valence-electron chi connectivity index (χ0n) is 17.9. The molecule has 0 aromatic heterocycles. The number of ether oxygens (including phenoxy) is 2. The second-order valence-electron chi connectivity index (χ2n) is 7.58. The number of nitrogens with zero attached hydrogens (tertiary/aromatic N) is 1.